The van der Waals surface area contributed by atoms with E-state index >= 15 is 0 Å². The molecule has 0 radical (unpaired) electrons. The maximum Gasteiger partial charge on any atom is 0.273 e. The van der Waals surface area contributed by atoms with E-state index < -0.39 is 5.91 Å². The third-order valence-corrected chi connectivity index (χ3v) is 5.18. The number of nitrogens with one attached hydrogen (secondary N) is 2. The molecule has 0 fully saturated rings. The lowest BCUT2D eigenvalue weighted by Gasteiger charge is -2.26. The number of amides is 2. The SMILES string of the molecule is CC(=O)NC(=Cc1ccccc1)C(=O)Nc1nc2c(s1)C(=O)CC(C)(C)C2. The number of carbonyl (C=O) groups excluding carboxylic acids is 3. The Morgan fingerprint density at radius 2 is 1.89 bits per heavy atom. The van der Waals surface area contributed by atoms with Gasteiger partial charge in [0.15, 0.2) is 10.9 Å². The quantitative estimate of drug-likeness (QED) is 0.792. The van der Waals surface area contributed by atoms with E-state index in [1.165, 1.54) is 18.3 Å². The fourth-order valence-corrected chi connectivity index (χ4v) is 3.92. The van der Waals surface area contributed by atoms with Gasteiger partial charge in [-0.05, 0) is 23.5 Å². The second-order valence-electron chi connectivity index (χ2n) is 7.34. The molecule has 2 amide bonds. The molecule has 0 bridgehead atoms. The third-order valence-electron chi connectivity index (χ3n) is 4.12. The monoisotopic (exact) mass is 383 g/mol. The van der Waals surface area contributed by atoms with Crippen LogP contribution in [-0.4, -0.2) is 22.6 Å². The van der Waals surface area contributed by atoms with Crippen LogP contribution in [0.5, 0.6) is 0 Å². The molecule has 0 spiro atoms. The van der Waals surface area contributed by atoms with Gasteiger partial charge >= 0.3 is 0 Å². The van der Waals surface area contributed by atoms with Crippen molar-refractivity contribution in [3.63, 3.8) is 0 Å². The molecule has 1 aromatic heterocycles. The lowest BCUT2D eigenvalue weighted by Crippen LogP contribution is -2.29. The first kappa shape index (κ1) is 19.0. The summed E-state index contributed by atoms with van der Waals surface area (Å²) in [6.07, 6.45) is 2.76. The zero-order chi connectivity index (χ0) is 19.6. The maximum atomic E-state index is 12.7. The van der Waals surface area contributed by atoms with E-state index in [9.17, 15) is 14.4 Å². The number of anilines is 1. The van der Waals surface area contributed by atoms with Gasteiger partial charge < -0.3 is 5.32 Å². The summed E-state index contributed by atoms with van der Waals surface area (Å²) in [5, 5.41) is 5.62. The van der Waals surface area contributed by atoms with Crippen molar-refractivity contribution in [2.24, 2.45) is 5.41 Å². The fourth-order valence-electron chi connectivity index (χ4n) is 3.00. The van der Waals surface area contributed by atoms with E-state index in [2.05, 4.69) is 15.6 Å². The number of hydrogen-bond donors (Lipinski definition) is 2. The molecule has 0 saturated heterocycles. The molecule has 0 saturated carbocycles. The highest BCUT2D eigenvalue weighted by atomic mass is 32.1. The smallest absolute Gasteiger partial charge is 0.273 e. The molecule has 7 heteroatoms. The number of hydrogen-bond acceptors (Lipinski definition) is 5. The highest BCUT2D eigenvalue weighted by molar-refractivity contribution is 7.17. The molecule has 2 N–H and O–H groups in total. The Balaban J connectivity index is 1.83. The molecule has 1 heterocycles. The van der Waals surface area contributed by atoms with Crippen LogP contribution in [0.2, 0.25) is 0 Å². The van der Waals surface area contributed by atoms with Gasteiger partial charge in [-0.15, -0.1) is 0 Å². The van der Waals surface area contributed by atoms with E-state index in [4.69, 9.17) is 0 Å². The van der Waals surface area contributed by atoms with E-state index in [1.807, 2.05) is 44.2 Å². The van der Waals surface area contributed by atoms with Crippen LogP contribution in [-0.2, 0) is 16.0 Å². The van der Waals surface area contributed by atoms with Crippen LogP contribution < -0.4 is 10.6 Å². The van der Waals surface area contributed by atoms with Crippen molar-refractivity contribution in [1.29, 1.82) is 0 Å². The van der Waals surface area contributed by atoms with Gasteiger partial charge in [-0.25, -0.2) is 4.98 Å². The van der Waals surface area contributed by atoms with Crippen molar-refractivity contribution >= 4 is 40.1 Å². The summed E-state index contributed by atoms with van der Waals surface area (Å²) in [7, 11) is 0. The largest absolute Gasteiger partial charge is 0.322 e. The van der Waals surface area contributed by atoms with Crippen LogP contribution in [0.25, 0.3) is 6.08 Å². The van der Waals surface area contributed by atoms with Gasteiger partial charge in [-0.1, -0.05) is 55.5 Å². The fraction of sp³-hybridized carbons (Fsp3) is 0.300. The zero-order valence-corrected chi connectivity index (χ0v) is 16.3. The first-order valence-electron chi connectivity index (χ1n) is 8.62. The summed E-state index contributed by atoms with van der Waals surface area (Å²) in [6.45, 7) is 5.40. The number of nitrogens with zero attached hydrogens (tertiary/aromatic N) is 1. The van der Waals surface area contributed by atoms with Gasteiger partial charge in [-0.2, -0.15) is 0 Å². The van der Waals surface area contributed by atoms with Crippen LogP contribution in [0.4, 0.5) is 5.13 Å². The Morgan fingerprint density at radius 3 is 2.56 bits per heavy atom. The summed E-state index contributed by atoms with van der Waals surface area (Å²) >= 11 is 1.18. The van der Waals surface area contributed by atoms with Gasteiger partial charge in [0, 0.05) is 13.3 Å². The van der Waals surface area contributed by atoms with Gasteiger partial charge in [0.05, 0.1) is 10.6 Å². The molecule has 0 atom stereocenters. The minimum absolute atomic E-state index is 0.0566. The molecular formula is C20H21N3O3S. The molecular weight excluding hydrogens is 362 g/mol. The van der Waals surface area contributed by atoms with E-state index in [0.717, 1.165) is 11.3 Å². The normalized spacial score (nSPS) is 15.8. The van der Waals surface area contributed by atoms with Crippen molar-refractivity contribution in [2.45, 2.75) is 33.6 Å². The van der Waals surface area contributed by atoms with Crippen molar-refractivity contribution in [3.05, 3.63) is 52.2 Å². The number of carbonyl (C=O) groups is 3. The zero-order valence-electron chi connectivity index (χ0n) is 15.5. The van der Waals surface area contributed by atoms with E-state index in [1.54, 1.807) is 6.08 Å². The topological polar surface area (TPSA) is 88.2 Å². The second kappa shape index (κ2) is 7.44. The molecule has 1 aromatic carbocycles. The van der Waals surface area contributed by atoms with Crippen molar-refractivity contribution < 1.29 is 14.4 Å². The third kappa shape index (κ3) is 4.68. The highest BCUT2D eigenvalue weighted by Gasteiger charge is 2.34. The van der Waals surface area contributed by atoms with Crippen molar-refractivity contribution in [3.8, 4) is 0 Å². The molecule has 6 nitrogen and oxygen atoms in total. The number of thiazole rings is 1. The summed E-state index contributed by atoms with van der Waals surface area (Å²) < 4.78 is 0. The van der Waals surface area contributed by atoms with E-state index in [-0.39, 0.29) is 22.8 Å². The number of fused-ring (bicyclic) bond motifs is 1. The van der Waals surface area contributed by atoms with Crippen LogP contribution in [0, 0.1) is 5.41 Å². The average Bonchev–Trinajstić information content (AvgIpc) is 2.96. The minimum Gasteiger partial charge on any atom is -0.322 e. The first-order valence-corrected chi connectivity index (χ1v) is 9.44. The molecule has 1 aliphatic rings. The summed E-state index contributed by atoms with van der Waals surface area (Å²) in [4.78, 5) is 41.5. The van der Waals surface area contributed by atoms with Gasteiger partial charge in [-0.3, -0.25) is 19.7 Å². The van der Waals surface area contributed by atoms with Crippen molar-refractivity contribution in [1.82, 2.24) is 10.3 Å². The Kier molecular flexibility index (Phi) is 5.23. The van der Waals surface area contributed by atoms with Gasteiger partial charge in [0.2, 0.25) is 5.91 Å². The van der Waals surface area contributed by atoms with Crippen LogP contribution >= 0.6 is 11.3 Å². The highest BCUT2D eigenvalue weighted by Crippen LogP contribution is 2.38. The lowest BCUT2D eigenvalue weighted by atomic mass is 9.78. The minimum atomic E-state index is -0.480. The van der Waals surface area contributed by atoms with Gasteiger partial charge in [0.1, 0.15) is 5.70 Å². The second-order valence-corrected chi connectivity index (χ2v) is 8.34. The molecule has 2 aromatic rings. The average molecular weight is 383 g/mol. The predicted molar refractivity (Wildman–Crippen MR) is 105 cm³/mol. The molecule has 0 aliphatic heterocycles. The van der Waals surface area contributed by atoms with Gasteiger partial charge in [0.25, 0.3) is 5.91 Å². The molecule has 3 rings (SSSR count). The first-order chi connectivity index (χ1) is 12.7. The van der Waals surface area contributed by atoms with E-state index in [0.29, 0.717) is 22.9 Å². The number of aromatic nitrogens is 1. The Morgan fingerprint density at radius 1 is 1.19 bits per heavy atom. The standard InChI is InChI=1S/C20H21N3O3S/c1-12(24)21-14(9-13-7-5-4-6-8-13)18(26)23-19-22-15-10-20(2,3)11-16(25)17(15)27-19/h4-9H,10-11H2,1-3H3,(H,21,24)(H,22,23,26). The van der Waals surface area contributed by atoms with Crippen molar-refractivity contribution in [2.75, 3.05) is 5.32 Å². The summed E-state index contributed by atoms with van der Waals surface area (Å²) in [5.74, 6) is -0.768. The predicted octanol–water partition coefficient (Wildman–Crippen LogP) is 3.41. The Hall–Kier alpha value is -2.80. The molecule has 27 heavy (non-hydrogen) atoms. The lowest BCUT2D eigenvalue weighted by molar-refractivity contribution is -0.120. The van der Waals surface area contributed by atoms with Crippen LogP contribution in [0.3, 0.4) is 0 Å². The molecule has 140 valence electrons. The number of Topliss-reactive ketones (excluding diaryl/α,β-unsaturated/α-hetero) is 1. The molecule has 0 unspecified atom stereocenters. The summed E-state index contributed by atoms with van der Waals surface area (Å²) in [6, 6.07) is 9.22. The van der Waals surface area contributed by atoms with Crippen LogP contribution in [0.1, 0.15) is 48.1 Å². The Labute approximate surface area is 161 Å². The number of benzene rings is 1. The number of rotatable bonds is 4. The summed E-state index contributed by atoms with van der Waals surface area (Å²) in [5.41, 5.74) is 1.50. The van der Waals surface area contributed by atoms with Crippen LogP contribution in [0.15, 0.2) is 36.0 Å². The Bertz CT molecular complexity index is 929. The molecule has 1 aliphatic carbocycles. The number of ketones is 1. The maximum absolute atomic E-state index is 12.7.